The highest BCUT2D eigenvalue weighted by Gasteiger charge is 2.38. The zero-order valence-electron chi connectivity index (χ0n) is 18.4. The normalized spacial score (nSPS) is 12.2. The van der Waals surface area contributed by atoms with E-state index >= 15 is 0 Å². The van der Waals surface area contributed by atoms with Crippen molar-refractivity contribution in [2.24, 2.45) is 0 Å². The maximum absolute atomic E-state index is 13.7. The van der Waals surface area contributed by atoms with Crippen molar-refractivity contribution in [3.8, 4) is 11.5 Å². The maximum atomic E-state index is 13.7. The van der Waals surface area contributed by atoms with Crippen LogP contribution < -0.4 is 20.9 Å². The molecule has 0 amide bonds. The largest absolute Gasteiger partial charge is 0.423 e. The number of rotatable bonds is 4. The molecule has 0 radical (unpaired) electrons. The highest BCUT2D eigenvalue weighted by Crippen LogP contribution is 2.38. The molecule has 3 aromatic rings. The van der Waals surface area contributed by atoms with Gasteiger partial charge in [0.15, 0.2) is 0 Å². The van der Waals surface area contributed by atoms with Crippen molar-refractivity contribution in [3.05, 3.63) is 82.4 Å². The molecule has 0 aliphatic carbocycles. The summed E-state index contributed by atoms with van der Waals surface area (Å²) in [6.45, 7) is 0. The van der Waals surface area contributed by atoms with Gasteiger partial charge in [0.05, 0.1) is 27.8 Å². The molecule has 0 aliphatic rings. The summed E-state index contributed by atoms with van der Waals surface area (Å²) in [5, 5.41) is 0. The number of halogens is 9. The smallest absolute Gasteiger partial charge is 0.418 e. The van der Waals surface area contributed by atoms with E-state index in [1.165, 1.54) is 0 Å². The summed E-state index contributed by atoms with van der Waals surface area (Å²) in [6.07, 6.45) is -15.1. The van der Waals surface area contributed by atoms with Crippen LogP contribution in [0.2, 0.25) is 0 Å². The first-order valence-electron chi connectivity index (χ1n) is 9.97. The van der Waals surface area contributed by atoms with Gasteiger partial charge in [-0.3, -0.25) is 0 Å². The van der Waals surface area contributed by atoms with E-state index in [2.05, 4.69) is 4.74 Å². The lowest BCUT2D eigenvalue weighted by molar-refractivity contribution is -0.138. The molecule has 3 rings (SSSR count). The SMILES string of the molecule is Nc1ccc(OC(=O)c2ccc(C(=O)Oc3ccc(N)c(C(F)(F)F)c3)c(C(F)(F)F)c2)cc1C(F)(F)F. The third-order valence-electron chi connectivity index (χ3n) is 4.86. The van der Waals surface area contributed by atoms with E-state index in [9.17, 15) is 49.1 Å². The van der Waals surface area contributed by atoms with Crippen molar-refractivity contribution in [3.63, 3.8) is 0 Å². The summed E-state index contributed by atoms with van der Waals surface area (Å²) in [5.74, 6) is -4.68. The Morgan fingerprint density at radius 2 is 0.974 bits per heavy atom. The van der Waals surface area contributed by atoms with Crippen LogP contribution in [-0.2, 0) is 18.5 Å². The molecular formula is C23H13F9N2O4. The molecule has 0 saturated heterocycles. The Bertz CT molecular complexity index is 1400. The van der Waals surface area contributed by atoms with Gasteiger partial charge in [-0.05, 0) is 54.6 Å². The molecule has 202 valence electrons. The van der Waals surface area contributed by atoms with Crippen LogP contribution in [0.25, 0.3) is 0 Å². The Morgan fingerprint density at radius 1 is 0.553 bits per heavy atom. The molecule has 0 aliphatic heterocycles. The molecule has 0 unspecified atom stereocenters. The second-order valence-electron chi connectivity index (χ2n) is 7.53. The molecule has 38 heavy (non-hydrogen) atoms. The summed E-state index contributed by atoms with van der Waals surface area (Å²) in [6, 6.07) is 5.23. The Morgan fingerprint density at radius 3 is 1.39 bits per heavy atom. The number of hydrogen-bond acceptors (Lipinski definition) is 6. The second kappa shape index (κ2) is 9.79. The molecule has 0 aromatic heterocycles. The van der Waals surface area contributed by atoms with E-state index in [-0.39, 0.29) is 6.07 Å². The molecule has 0 saturated carbocycles. The van der Waals surface area contributed by atoms with Crippen LogP contribution in [0.4, 0.5) is 50.9 Å². The summed E-state index contributed by atoms with van der Waals surface area (Å²) >= 11 is 0. The average Bonchev–Trinajstić information content (AvgIpc) is 2.79. The lowest BCUT2D eigenvalue weighted by atomic mass is 10.0. The third-order valence-corrected chi connectivity index (χ3v) is 4.86. The lowest BCUT2D eigenvalue weighted by Crippen LogP contribution is -2.19. The molecule has 0 heterocycles. The van der Waals surface area contributed by atoms with E-state index < -0.39 is 81.2 Å². The summed E-state index contributed by atoms with van der Waals surface area (Å²) in [4.78, 5) is 24.7. The third kappa shape index (κ3) is 6.27. The van der Waals surface area contributed by atoms with Gasteiger partial charge in [-0.2, -0.15) is 39.5 Å². The summed E-state index contributed by atoms with van der Waals surface area (Å²) in [7, 11) is 0. The zero-order chi connectivity index (χ0) is 28.6. The fourth-order valence-corrected chi connectivity index (χ4v) is 3.10. The highest BCUT2D eigenvalue weighted by atomic mass is 19.4. The van der Waals surface area contributed by atoms with Crippen LogP contribution in [-0.4, -0.2) is 11.9 Å². The molecular weight excluding hydrogens is 539 g/mol. The first-order valence-corrected chi connectivity index (χ1v) is 9.97. The number of nitrogens with two attached hydrogens (primary N) is 2. The number of anilines is 2. The number of carbonyl (C=O) groups excluding carboxylic acids is 2. The molecule has 0 bridgehead atoms. The fraction of sp³-hybridized carbons (Fsp3) is 0.130. The van der Waals surface area contributed by atoms with Gasteiger partial charge in [-0.25, -0.2) is 9.59 Å². The van der Waals surface area contributed by atoms with Crippen molar-refractivity contribution in [1.29, 1.82) is 0 Å². The maximum Gasteiger partial charge on any atom is 0.418 e. The number of ether oxygens (including phenoxy) is 2. The minimum absolute atomic E-state index is 0.172. The molecule has 0 atom stereocenters. The summed E-state index contributed by atoms with van der Waals surface area (Å²) in [5.41, 5.74) is 2.58. The molecule has 6 nitrogen and oxygen atoms in total. The van der Waals surface area contributed by atoms with Gasteiger partial charge in [0.1, 0.15) is 11.5 Å². The van der Waals surface area contributed by atoms with E-state index in [1.807, 2.05) is 0 Å². The van der Waals surface area contributed by atoms with Gasteiger partial charge in [0, 0.05) is 11.4 Å². The second-order valence-corrected chi connectivity index (χ2v) is 7.53. The molecule has 15 heteroatoms. The Labute approximate surface area is 206 Å². The zero-order valence-corrected chi connectivity index (χ0v) is 18.4. The number of alkyl halides is 9. The van der Waals surface area contributed by atoms with E-state index in [4.69, 9.17) is 16.2 Å². The van der Waals surface area contributed by atoms with Gasteiger partial charge in [-0.1, -0.05) is 0 Å². The van der Waals surface area contributed by atoms with Crippen LogP contribution >= 0.6 is 0 Å². The van der Waals surface area contributed by atoms with Crippen molar-refractivity contribution >= 4 is 23.3 Å². The Hall–Kier alpha value is -4.43. The number of hydrogen-bond donors (Lipinski definition) is 2. The fourth-order valence-electron chi connectivity index (χ4n) is 3.10. The van der Waals surface area contributed by atoms with Crippen LogP contribution in [0.1, 0.15) is 37.4 Å². The van der Waals surface area contributed by atoms with E-state index in [0.717, 1.165) is 24.3 Å². The van der Waals surface area contributed by atoms with Crippen LogP contribution in [0.5, 0.6) is 11.5 Å². The molecule has 3 aromatic carbocycles. The van der Waals surface area contributed by atoms with Gasteiger partial charge < -0.3 is 20.9 Å². The quantitative estimate of drug-likeness (QED) is 0.169. The van der Waals surface area contributed by atoms with Gasteiger partial charge in [-0.15, -0.1) is 0 Å². The minimum atomic E-state index is -5.27. The van der Waals surface area contributed by atoms with Crippen molar-refractivity contribution in [2.75, 3.05) is 11.5 Å². The number of carbonyl (C=O) groups is 2. The average molecular weight is 552 g/mol. The summed E-state index contributed by atoms with van der Waals surface area (Å²) < 4.78 is 128. The number of benzene rings is 3. The number of esters is 2. The first kappa shape index (κ1) is 28.1. The topological polar surface area (TPSA) is 105 Å². The van der Waals surface area contributed by atoms with Crippen LogP contribution in [0.3, 0.4) is 0 Å². The first-order chi connectivity index (χ1) is 17.4. The number of nitrogen functional groups attached to an aromatic ring is 2. The predicted octanol–water partition coefficient (Wildman–Crippen LogP) is 6.35. The molecule has 4 N–H and O–H groups in total. The van der Waals surface area contributed by atoms with Crippen LogP contribution in [0, 0.1) is 0 Å². The predicted molar refractivity (Wildman–Crippen MR) is 113 cm³/mol. The standard InChI is InChI=1S/C23H13F9N2O4/c24-21(25,26)14-7-10(19(35)37-11-2-5-17(33)15(8-11)22(27,28)29)1-4-13(14)20(36)38-12-3-6-18(34)16(9-12)23(30,31)32/h1-9H,33-34H2. The Balaban J connectivity index is 1.92. The van der Waals surface area contributed by atoms with Gasteiger partial charge >= 0.3 is 30.5 Å². The van der Waals surface area contributed by atoms with Crippen LogP contribution in [0.15, 0.2) is 54.6 Å². The lowest BCUT2D eigenvalue weighted by Gasteiger charge is -2.15. The van der Waals surface area contributed by atoms with Gasteiger partial charge in [0.25, 0.3) is 0 Å². The van der Waals surface area contributed by atoms with E-state index in [1.54, 1.807) is 0 Å². The molecule has 0 spiro atoms. The molecule has 0 fully saturated rings. The monoisotopic (exact) mass is 552 g/mol. The van der Waals surface area contributed by atoms with E-state index in [0.29, 0.717) is 24.3 Å². The minimum Gasteiger partial charge on any atom is -0.423 e. The highest BCUT2D eigenvalue weighted by molar-refractivity contribution is 5.96. The van der Waals surface area contributed by atoms with Gasteiger partial charge in [0.2, 0.25) is 0 Å². The van der Waals surface area contributed by atoms with Crippen molar-refractivity contribution < 1.29 is 58.6 Å². The van der Waals surface area contributed by atoms with Crippen molar-refractivity contribution in [1.82, 2.24) is 0 Å². The Kier molecular flexibility index (Phi) is 7.25. The van der Waals surface area contributed by atoms with Crippen molar-refractivity contribution in [2.45, 2.75) is 18.5 Å².